The van der Waals surface area contributed by atoms with E-state index in [1.165, 1.54) is 5.56 Å². The highest BCUT2D eigenvalue weighted by atomic mass is 16.6. The van der Waals surface area contributed by atoms with Crippen LogP contribution in [0.25, 0.3) is 0 Å². The molecule has 2 aromatic rings. The van der Waals surface area contributed by atoms with Crippen LogP contribution in [-0.2, 0) is 14.3 Å². The van der Waals surface area contributed by atoms with E-state index < -0.39 is 5.97 Å². The minimum atomic E-state index is -0.650. The molecular weight excluding hydrogens is 346 g/mol. The second-order valence-electron chi connectivity index (χ2n) is 6.27. The Balaban J connectivity index is 1.74. The van der Waals surface area contributed by atoms with Crippen molar-refractivity contribution in [3.8, 4) is 5.75 Å². The summed E-state index contributed by atoms with van der Waals surface area (Å²) in [7, 11) is 0. The summed E-state index contributed by atoms with van der Waals surface area (Å²) in [6.45, 7) is 5.22. The maximum absolute atomic E-state index is 12.0. The lowest BCUT2D eigenvalue weighted by molar-refractivity contribution is -0.150. The van der Waals surface area contributed by atoms with Gasteiger partial charge in [-0.25, -0.2) is 4.79 Å². The minimum Gasteiger partial charge on any atom is -0.482 e. The molecule has 1 atom stereocenters. The molecule has 6 heteroatoms. The Morgan fingerprint density at radius 3 is 2.37 bits per heavy atom. The zero-order valence-corrected chi connectivity index (χ0v) is 15.7. The van der Waals surface area contributed by atoms with Crippen molar-refractivity contribution in [2.75, 3.05) is 13.2 Å². The van der Waals surface area contributed by atoms with Gasteiger partial charge in [-0.05, 0) is 61.7 Å². The van der Waals surface area contributed by atoms with Gasteiger partial charge in [-0.15, -0.1) is 0 Å². The number of aryl methyl sites for hydroxylation is 2. The molecule has 0 spiro atoms. The second kappa shape index (κ2) is 9.52. The Morgan fingerprint density at radius 1 is 1.04 bits per heavy atom. The number of carbonyl (C=O) groups is 3. The van der Waals surface area contributed by atoms with Crippen molar-refractivity contribution < 1.29 is 23.9 Å². The Bertz CT molecular complexity index is 814. The van der Waals surface area contributed by atoms with Crippen LogP contribution < -0.4 is 10.1 Å². The number of rotatable bonds is 8. The fourth-order valence-electron chi connectivity index (χ4n) is 2.37. The summed E-state index contributed by atoms with van der Waals surface area (Å²) in [6, 6.07) is 12.1. The van der Waals surface area contributed by atoms with Gasteiger partial charge >= 0.3 is 5.97 Å². The van der Waals surface area contributed by atoms with Gasteiger partial charge in [0.05, 0.1) is 6.04 Å². The van der Waals surface area contributed by atoms with Crippen LogP contribution in [0.4, 0.5) is 0 Å². The first-order chi connectivity index (χ1) is 12.9. The maximum Gasteiger partial charge on any atom is 0.344 e. The lowest BCUT2D eigenvalue weighted by Crippen LogP contribution is -2.32. The predicted molar refractivity (Wildman–Crippen MR) is 101 cm³/mol. The smallest absolute Gasteiger partial charge is 0.344 e. The number of esters is 1. The van der Waals surface area contributed by atoms with Crippen molar-refractivity contribution in [2.45, 2.75) is 26.8 Å². The van der Waals surface area contributed by atoms with Crippen LogP contribution in [0.5, 0.6) is 5.75 Å². The normalized spacial score (nSPS) is 11.4. The predicted octanol–water partition coefficient (Wildman–Crippen LogP) is 2.92. The summed E-state index contributed by atoms with van der Waals surface area (Å²) >= 11 is 0. The zero-order valence-electron chi connectivity index (χ0n) is 15.7. The largest absolute Gasteiger partial charge is 0.482 e. The molecule has 0 aliphatic carbocycles. The summed E-state index contributed by atoms with van der Waals surface area (Å²) in [5.74, 6) is -0.599. The molecule has 0 unspecified atom stereocenters. The van der Waals surface area contributed by atoms with Crippen molar-refractivity contribution in [2.24, 2.45) is 0 Å². The molecule has 0 heterocycles. The molecule has 6 nitrogen and oxygen atoms in total. The first-order valence-corrected chi connectivity index (χ1v) is 8.59. The molecule has 2 rings (SSSR count). The molecular formula is C21H23NO5. The van der Waals surface area contributed by atoms with Crippen molar-refractivity contribution >= 4 is 18.2 Å². The van der Waals surface area contributed by atoms with Crippen molar-refractivity contribution in [1.82, 2.24) is 5.32 Å². The Morgan fingerprint density at radius 2 is 1.74 bits per heavy atom. The van der Waals surface area contributed by atoms with E-state index in [-0.39, 0.29) is 25.2 Å². The third kappa shape index (κ3) is 6.26. The molecule has 0 fully saturated rings. The fourth-order valence-corrected chi connectivity index (χ4v) is 2.37. The van der Waals surface area contributed by atoms with Crippen LogP contribution in [0.1, 0.15) is 40.0 Å². The standard InChI is InChI=1S/C21H23NO5/c1-14-4-7-18(10-15(14)2)16(3)22-20(24)12-27-21(25)13-26-19-8-5-17(11-23)6-9-19/h4-11,16H,12-13H2,1-3H3,(H,22,24)/t16-/m1/s1. The van der Waals surface area contributed by atoms with Gasteiger partial charge in [0, 0.05) is 5.56 Å². The number of amides is 1. The molecule has 0 aliphatic rings. The van der Waals surface area contributed by atoms with Gasteiger partial charge in [0.2, 0.25) is 0 Å². The first kappa shape index (κ1) is 20.2. The number of ether oxygens (including phenoxy) is 2. The molecule has 142 valence electrons. The number of nitrogens with one attached hydrogen (secondary N) is 1. The molecule has 1 N–H and O–H groups in total. The summed E-state index contributed by atoms with van der Waals surface area (Å²) in [5.41, 5.74) is 3.84. The molecule has 1 amide bonds. The number of carbonyl (C=O) groups excluding carboxylic acids is 3. The highest BCUT2D eigenvalue weighted by Crippen LogP contribution is 2.16. The van der Waals surface area contributed by atoms with Crippen molar-refractivity contribution in [3.05, 3.63) is 64.7 Å². The van der Waals surface area contributed by atoms with Gasteiger partial charge in [-0.3, -0.25) is 9.59 Å². The average Bonchev–Trinajstić information content (AvgIpc) is 2.67. The molecule has 27 heavy (non-hydrogen) atoms. The topological polar surface area (TPSA) is 81.7 Å². The van der Waals surface area contributed by atoms with E-state index in [0.29, 0.717) is 11.3 Å². The van der Waals surface area contributed by atoms with E-state index in [0.717, 1.165) is 17.4 Å². The number of hydrogen-bond donors (Lipinski definition) is 1. The molecule has 0 bridgehead atoms. The van der Waals surface area contributed by atoms with E-state index in [1.807, 2.05) is 39.0 Å². The van der Waals surface area contributed by atoms with Crippen LogP contribution in [0.15, 0.2) is 42.5 Å². The first-order valence-electron chi connectivity index (χ1n) is 8.59. The van der Waals surface area contributed by atoms with Crippen molar-refractivity contribution in [1.29, 1.82) is 0 Å². The number of benzene rings is 2. The molecule has 0 saturated carbocycles. The fraction of sp³-hybridized carbons (Fsp3) is 0.286. The Labute approximate surface area is 158 Å². The minimum absolute atomic E-state index is 0.192. The van der Waals surface area contributed by atoms with Crippen LogP contribution in [0, 0.1) is 13.8 Å². The van der Waals surface area contributed by atoms with Gasteiger partial charge in [0.25, 0.3) is 5.91 Å². The summed E-state index contributed by atoms with van der Waals surface area (Å²) < 4.78 is 10.2. The van der Waals surface area contributed by atoms with Gasteiger partial charge < -0.3 is 14.8 Å². The van der Waals surface area contributed by atoms with Gasteiger partial charge in [0.15, 0.2) is 13.2 Å². The van der Waals surface area contributed by atoms with Gasteiger partial charge in [-0.2, -0.15) is 0 Å². The SMILES string of the molecule is Cc1ccc([C@@H](C)NC(=O)COC(=O)COc2ccc(C=O)cc2)cc1C. The molecule has 2 aromatic carbocycles. The Kier molecular flexibility index (Phi) is 7.11. The second-order valence-corrected chi connectivity index (χ2v) is 6.27. The monoisotopic (exact) mass is 369 g/mol. The molecule has 0 aliphatic heterocycles. The lowest BCUT2D eigenvalue weighted by atomic mass is 10.0. The Hall–Kier alpha value is -3.15. The highest BCUT2D eigenvalue weighted by Gasteiger charge is 2.13. The van der Waals surface area contributed by atoms with E-state index in [1.54, 1.807) is 24.3 Å². The molecule has 0 radical (unpaired) electrons. The zero-order chi connectivity index (χ0) is 19.8. The summed E-state index contributed by atoms with van der Waals surface area (Å²) in [4.78, 5) is 34.2. The third-order valence-corrected chi connectivity index (χ3v) is 4.15. The van der Waals surface area contributed by atoms with Crippen LogP contribution >= 0.6 is 0 Å². The van der Waals surface area contributed by atoms with E-state index in [9.17, 15) is 14.4 Å². The van der Waals surface area contributed by atoms with Crippen LogP contribution in [0.3, 0.4) is 0 Å². The maximum atomic E-state index is 12.0. The summed E-state index contributed by atoms with van der Waals surface area (Å²) in [5, 5.41) is 2.79. The van der Waals surface area contributed by atoms with Gasteiger partial charge in [-0.1, -0.05) is 18.2 Å². The van der Waals surface area contributed by atoms with Gasteiger partial charge in [0.1, 0.15) is 12.0 Å². The van der Waals surface area contributed by atoms with Crippen LogP contribution in [-0.4, -0.2) is 31.4 Å². The molecule has 0 aromatic heterocycles. The lowest BCUT2D eigenvalue weighted by Gasteiger charge is -2.16. The van der Waals surface area contributed by atoms with Crippen LogP contribution in [0.2, 0.25) is 0 Å². The summed E-state index contributed by atoms with van der Waals surface area (Å²) in [6.07, 6.45) is 0.718. The average molecular weight is 369 g/mol. The quantitative estimate of drug-likeness (QED) is 0.571. The number of aldehydes is 1. The number of hydrogen-bond acceptors (Lipinski definition) is 5. The highest BCUT2D eigenvalue weighted by molar-refractivity contribution is 5.81. The van der Waals surface area contributed by atoms with Crippen molar-refractivity contribution in [3.63, 3.8) is 0 Å². The third-order valence-electron chi connectivity index (χ3n) is 4.15. The van der Waals surface area contributed by atoms with E-state index >= 15 is 0 Å². The van der Waals surface area contributed by atoms with E-state index in [2.05, 4.69) is 5.32 Å². The van der Waals surface area contributed by atoms with E-state index in [4.69, 9.17) is 9.47 Å². The molecule has 0 saturated heterocycles.